The van der Waals surface area contributed by atoms with E-state index in [0.29, 0.717) is 24.3 Å². The molecule has 3 heteroatoms. The van der Waals surface area contributed by atoms with E-state index in [4.69, 9.17) is 0 Å². The van der Waals surface area contributed by atoms with E-state index in [0.717, 1.165) is 19.0 Å². The molecule has 1 saturated carbocycles. The minimum atomic E-state index is 0.364. The van der Waals surface area contributed by atoms with Gasteiger partial charge >= 0.3 is 0 Å². The Bertz CT molecular complexity index is 513. The lowest BCUT2D eigenvalue weighted by Crippen LogP contribution is -2.38. The maximum absolute atomic E-state index is 12.5. The van der Waals surface area contributed by atoms with Crippen LogP contribution < -0.4 is 5.32 Å². The van der Waals surface area contributed by atoms with E-state index < -0.39 is 0 Å². The van der Waals surface area contributed by atoms with E-state index in [1.165, 1.54) is 30.5 Å². The van der Waals surface area contributed by atoms with E-state index in [9.17, 15) is 4.79 Å². The van der Waals surface area contributed by atoms with Gasteiger partial charge in [0.05, 0.1) is 0 Å². The topological polar surface area (TPSA) is 32.3 Å². The number of amides is 1. The van der Waals surface area contributed by atoms with Crippen LogP contribution >= 0.6 is 0 Å². The van der Waals surface area contributed by atoms with Crippen LogP contribution in [0.3, 0.4) is 0 Å². The molecule has 2 fully saturated rings. The minimum absolute atomic E-state index is 0.364. The summed E-state index contributed by atoms with van der Waals surface area (Å²) in [5.41, 5.74) is 2.53. The smallest absolute Gasteiger partial charge is 0.223 e. The number of para-hydroxylation sites is 1. The molecular formula is C16H20N2O. The van der Waals surface area contributed by atoms with Crippen LogP contribution in [0.15, 0.2) is 24.3 Å². The summed E-state index contributed by atoms with van der Waals surface area (Å²) in [5, 5.41) is 3.41. The van der Waals surface area contributed by atoms with Crippen LogP contribution in [0.25, 0.3) is 0 Å². The van der Waals surface area contributed by atoms with Gasteiger partial charge in [-0.15, -0.1) is 0 Å². The fourth-order valence-corrected chi connectivity index (χ4v) is 4.10. The molecule has 19 heavy (non-hydrogen) atoms. The molecule has 3 aliphatic rings. The normalized spacial score (nSPS) is 31.4. The molecule has 1 aromatic rings. The van der Waals surface area contributed by atoms with Crippen LogP contribution in [-0.2, 0) is 4.79 Å². The number of carbonyl (C=O) groups is 1. The van der Waals surface area contributed by atoms with Crippen molar-refractivity contribution in [2.45, 2.75) is 37.6 Å². The quantitative estimate of drug-likeness (QED) is 0.882. The Morgan fingerprint density at radius 3 is 3.00 bits per heavy atom. The summed E-state index contributed by atoms with van der Waals surface area (Å²) >= 11 is 0. The molecule has 0 aromatic heterocycles. The van der Waals surface area contributed by atoms with Gasteiger partial charge in [0.2, 0.25) is 5.91 Å². The summed E-state index contributed by atoms with van der Waals surface area (Å²) in [6, 6.07) is 8.94. The summed E-state index contributed by atoms with van der Waals surface area (Å²) in [6.07, 6.45) is 4.50. The van der Waals surface area contributed by atoms with Gasteiger partial charge in [0.1, 0.15) is 0 Å². The van der Waals surface area contributed by atoms with Crippen molar-refractivity contribution in [3.63, 3.8) is 0 Å². The predicted octanol–water partition coefficient (Wildman–Crippen LogP) is 2.60. The van der Waals surface area contributed by atoms with Crippen molar-refractivity contribution in [3.05, 3.63) is 29.8 Å². The first-order valence-corrected chi connectivity index (χ1v) is 7.43. The summed E-state index contributed by atoms with van der Waals surface area (Å²) in [5.74, 6) is 1.53. The molecule has 2 aliphatic heterocycles. The van der Waals surface area contributed by atoms with Crippen LogP contribution in [0, 0.1) is 5.92 Å². The maximum Gasteiger partial charge on any atom is 0.223 e. The van der Waals surface area contributed by atoms with Crippen LogP contribution in [0.4, 0.5) is 5.69 Å². The van der Waals surface area contributed by atoms with Crippen molar-refractivity contribution >= 4 is 11.6 Å². The van der Waals surface area contributed by atoms with Gasteiger partial charge in [-0.05, 0) is 36.8 Å². The molecule has 4 rings (SSSR count). The highest BCUT2D eigenvalue weighted by molar-refractivity contribution is 5.79. The Hall–Kier alpha value is -1.51. The molecule has 1 amide bonds. The highest BCUT2D eigenvalue weighted by atomic mass is 16.2. The van der Waals surface area contributed by atoms with E-state index in [-0.39, 0.29) is 0 Å². The van der Waals surface area contributed by atoms with Gasteiger partial charge in [0.25, 0.3) is 0 Å². The molecule has 1 aliphatic carbocycles. The molecule has 1 N–H and O–H groups in total. The van der Waals surface area contributed by atoms with Crippen molar-refractivity contribution in [1.29, 1.82) is 0 Å². The van der Waals surface area contributed by atoms with Crippen LogP contribution in [0.5, 0.6) is 0 Å². The average Bonchev–Trinajstić information content (AvgIpc) is 3.14. The Labute approximate surface area is 114 Å². The molecule has 2 heterocycles. The first-order valence-electron chi connectivity index (χ1n) is 7.43. The number of piperidine rings is 1. The number of nitrogens with one attached hydrogen (secondary N) is 1. The third kappa shape index (κ3) is 1.83. The zero-order valence-electron chi connectivity index (χ0n) is 11.1. The number of benzene rings is 1. The summed E-state index contributed by atoms with van der Waals surface area (Å²) in [6.45, 7) is 1.93. The number of fused-ring (bicyclic) bond motifs is 3. The number of rotatable bonds is 2. The van der Waals surface area contributed by atoms with E-state index in [1.807, 2.05) is 0 Å². The predicted molar refractivity (Wildman–Crippen MR) is 75.1 cm³/mol. The van der Waals surface area contributed by atoms with Gasteiger partial charge < -0.3 is 10.2 Å². The third-order valence-corrected chi connectivity index (χ3v) is 5.09. The second kappa shape index (κ2) is 4.26. The number of hydrogen-bond acceptors (Lipinski definition) is 2. The summed E-state index contributed by atoms with van der Waals surface area (Å²) in [4.78, 5) is 14.7. The molecule has 3 nitrogen and oxygen atoms in total. The number of likely N-dealkylation sites (tertiary alicyclic amines) is 1. The average molecular weight is 256 g/mol. The molecule has 1 saturated heterocycles. The minimum Gasteiger partial charge on any atom is -0.384 e. The fourth-order valence-electron chi connectivity index (χ4n) is 4.10. The van der Waals surface area contributed by atoms with Crippen LogP contribution in [0.1, 0.15) is 37.2 Å². The highest BCUT2D eigenvalue weighted by Gasteiger charge is 2.40. The maximum atomic E-state index is 12.5. The Morgan fingerprint density at radius 1 is 1.32 bits per heavy atom. The Morgan fingerprint density at radius 2 is 2.21 bits per heavy atom. The molecular weight excluding hydrogens is 236 g/mol. The highest BCUT2D eigenvalue weighted by Crippen LogP contribution is 2.39. The fraction of sp³-hybridized carbons (Fsp3) is 0.562. The van der Waals surface area contributed by atoms with Crippen molar-refractivity contribution in [3.8, 4) is 0 Å². The molecule has 0 radical (unpaired) electrons. The molecule has 0 spiro atoms. The molecule has 2 bridgehead atoms. The zero-order chi connectivity index (χ0) is 12.8. The summed E-state index contributed by atoms with van der Waals surface area (Å²) < 4.78 is 0. The van der Waals surface area contributed by atoms with E-state index in [2.05, 4.69) is 34.5 Å². The number of anilines is 1. The van der Waals surface area contributed by atoms with Crippen molar-refractivity contribution in [2.75, 3.05) is 18.4 Å². The molecule has 3 unspecified atom stereocenters. The van der Waals surface area contributed by atoms with Crippen molar-refractivity contribution in [1.82, 2.24) is 4.90 Å². The molecule has 1 aromatic carbocycles. The third-order valence-electron chi connectivity index (χ3n) is 5.09. The van der Waals surface area contributed by atoms with E-state index in [1.54, 1.807) is 0 Å². The largest absolute Gasteiger partial charge is 0.384 e. The zero-order valence-corrected chi connectivity index (χ0v) is 11.1. The SMILES string of the molecule is O=C(CC1CNc2ccccc21)N1CC2CCC1C2. The van der Waals surface area contributed by atoms with Crippen molar-refractivity contribution < 1.29 is 4.79 Å². The first kappa shape index (κ1) is 11.3. The second-order valence-corrected chi connectivity index (χ2v) is 6.25. The van der Waals surface area contributed by atoms with Gasteiger partial charge in [-0.3, -0.25) is 4.79 Å². The lowest BCUT2D eigenvalue weighted by molar-refractivity contribution is -0.133. The Kier molecular flexibility index (Phi) is 2.54. The van der Waals surface area contributed by atoms with Gasteiger partial charge in [0, 0.05) is 37.2 Å². The van der Waals surface area contributed by atoms with Crippen molar-refractivity contribution in [2.24, 2.45) is 5.92 Å². The number of carbonyl (C=O) groups excluding carboxylic acids is 1. The van der Waals surface area contributed by atoms with Gasteiger partial charge in [-0.1, -0.05) is 18.2 Å². The monoisotopic (exact) mass is 256 g/mol. The lowest BCUT2D eigenvalue weighted by Gasteiger charge is -2.28. The Balaban J connectivity index is 1.47. The van der Waals surface area contributed by atoms with Crippen LogP contribution in [-0.4, -0.2) is 29.9 Å². The second-order valence-electron chi connectivity index (χ2n) is 6.25. The molecule has 100 valence electrons. The van der Waals surface area contributed by atoms with Gasteiger partial charge in [-0.25, -0.2) is 0 Å². The lowest BCUT2D eigenvalue weighted by atomic mass is 9.97. The first-order chi connectivity index (χ1) is 9.31. The number of nitrogens with zero attached hydrogens (tertiary/aromatic N) is 1. The van der Waals surface area contributed by atoms with Gasteiger partial charge in [0.15, 0.2) is 0 Å². The van der Waals surface area contributed by atoms with E-state index >= 15 is 0 Å². The standard InChI is InChI=1S/C16H20N2O/c19-16(18-10-11-5-6-13(18)7-11)8-12-9-17-15-4-2-1-3-14(12)15/h1-4,11-13,17H,5-10H2. The molecule has 3 atom stereocenters. The summed E-state index contributed by atoms with van der Waals surface area (Å²) in [7, 11) is 0. The number of hydrogen-bond donors (Lipinski definition) is 1. The van der Waals surface area contributed by atoms with Crippen LogP contribution in [0.2, 0.25) is 0 Å². The van der Waals surface area contributed by atoms with Gasteiger partial charge in [-0.2, -0.15) is 0 Å².